The summed E-state index contributed by atoms with van der Waals surface area (Å²) >= 11 is 7.24. The number of hydrogen-bond donors (Lipinski definition) is 2. The number of thiazole rings is 1. The lowest BCUT2D eigenvalue weighted by atomic mass is 9.85. The molecule has 18 heteroatoms. The van der Waals surface area contributed by atoms with Crippen molar-refractivity contribution in [1.82, 2.24) is 20.5 Å². The van der Waals surface area contributed by atoms with Crippen molar-refractivity contribution in [3.8, 4) is 39.1 Å². The van der Waals surface area contributed by atoms with Crippen LogP contribution in [0.5, 0.6) is 11.5 Å². The van der Waals surface area contributed by atoms with E-state index in [0.717, 1.165) is 55.4 Å². The van der Waals surface area contributed by atoms with Crippen molar-refractivity contribution in [3.05, 3.63) is 149 Å². The Balaban J connectivity index is 0.809. The third-order valence-corrected chi connectivity index (χ3v) is 14.4. The molecule has 0 saturated carbocycles. The van der Waals surface area contributed by atoms with Gasteiger partial charge in [-0.1, -0.05) is 81.4 Å². The molecule has 4 amide bonds. The van der Waals surface area contributed by atoms with E-state index in [1.54, 1.807) is 77.5 Å². The van der Waals surface area contributed by atoms with Gasteiger partial charge in [0.15, 0.2) is 11.7 Å². The molecule has 8 rings (SSSR count). The summed E-state index contributed by atoms with van der Waals surface area (Å²) in [5.41, 5.74) is 4.36. The zero-order chi connectivity index (χ0) is 53.1. The minimum absolute atomic E-state index is 0.00943. The monoisotopic (exact) mass is 1040 g/mol. The first kappa shape index (κ1) is 52.7. The highest BCUT2D eigenvalue weighted by molar-refractivity contribution is 7.81. The molecule has 13 nitrogen and oxygen atoms in total. The number of aromatic nitrogens is 1. The van der Waals surface area contributed by atoms with Crippen LogP contribution in [0.1, 0.15) is 75.4 Å². The van der Waals surface area contributed by atoms with Crippen molar-refractivity contribution in [2.45, 2.75) is 91.3 Å². The number of amides is 4. The Kier molecular flexibility index (Phi) is 15.3. The molecule has 382 valence electrons. The zero-order valence-electron chi connectivity index (χ0n) is 41.6. The van der Waals surface area contributed by atoms with Crippen molar-refractivity contribution in [3.63, 3.8) is 0 Å². The van der Waals surface area contributed by atoms with Crippen LogP contribution in [-0.2, 0) is 38.5 Å². The second kappa shape index (κ2) is 21.5. The molecule has 6 aromatic rings. The predicted molar refractivity (Wildman–Crippen MR) is 281 cm³/mol. The van der Waals surface area contributed by atoms with Crippen LogP contribution in [0.4, 0.5) is 24.5 Å². The third kappa shape index (κ3) is 11.4. The molecule has 0 unspecified atom stereocenters. The molecule has 3 heterocycles. The number of carbonyl (C=O) groups is 4. The van der Waals surface area contributed by atoms with Gasteiger partial charge in [-0.3, -0.25) is 24.1 Å². The first-order valence-corrected chi connectivity index (χ1v) is 25.1. The molecule has 74 heavy (non-hydrogen) atoms. The van der Waals surface area contributed by atoms with E-state index in [0.29, 0.717) is 43.1 Å². The van der Waals surface area contributed by atoms with Crippen molar-refractivity contribution >= 4 is 63.7 Å². The van der Waals surface area contributed by atoms with E-state index >= 15 is 0 Å². The van der Waals surface area contributed by atoms with E-state index in [1.165, 1.54) is 6.07 Å². The Labute approximate surface area is 436 Å². The van der Waals surface area contributed by atoms with Crippen LogP contribution in [0.3, 0.4) is 0 Å². The van der Waals surface area contributed by atoms with Crippen LogP contribution in [0.2, 0.25) is 0 Å². The highest BCUT2D eigenvalue weighted by Crippen LogP contribution is 2.40. The van der Waals surface area contributed by atoms with Gasteiger partial charge in [-0.05, 0) is 134 Å². The number of benzene rings is 5. The lowest BCUT2D eigenvalue weighted by Crippen LogP contribution is -2.58. The molecule has 2 fully saturated rings. The summed E-state index contributed by atoms with van der Waals surface area (Å²) in [5.74, 6) is -0.539. The topological polar surface area (TPSA) is 157 Å². The number of nitriles is 1. The molecule has 2 atom stereocenters. The number of ether oxygens (including phenoxy) is 2. The molecule has 0 bridgehead atoms. The first-order chi connectivity index (χ1) is 35.1. The summed E-state index contributed by atoms with van der Waals surface area (Å²) < 4.78 is 53.2. The number of anilines is 2. The van der Waals surface area contributed by atoms with Gasteiger partial charge in [-0.25, -0.2) is 4.98 Å². The SMILES string of the molecule is Cc1ncsc1-c1ccc(CNC(=O)[C@H]2CCCN2C(=O)[C@@H](NC(=O)COc2ccc(-c3ccc(COc4ccc(N5C(=S)N(c6ccc(C#N)c(C(F)(F)F)c6)C(=O)C5(C)C)cc4)cc3)cc2)C(C)(C)C)cc1. The molecule has 0 radical (unpaired) electrons. The van der Waals surface area contributed by atoms with Crippen LogP contribution in [0, 0.1) is 23.7 Å². The molecule has 2 saturated heterocycles. The van der Waals surface area contributed by atoms with Gasteiger partial charge in [-0.15, -0.1) is 11.3 Å². The van der Waals surface area contributed by atoms with Crippen molar-refractivity contribution in [1.29, 1.82) is 5.26 Å². The quantitative estimate of drug-likeness (QED) is 0.0949. The Bertz CT molecular complexity index is 3110. The number of aryl methyl sites for hydroxylation is 1. The lowest BCUT2D eigenvalue weighted by molar-refractivity contribution is -0.144. The number of halogens is 3. The number of thiocarbonyl (C=S) groups is 1. The molecule has 2 N–H and O–H groups in total. The smallest absolute Gasteiger partial charge is 0.417 e. The van der Waals surface area contributed by atoms with Crippen LogP contribution in [0.25, 0.3) is 21.6 Å². The van der Waals surface area contributed by atoms with Crippen LogP contribution in [0.15, 0.2) is 121 Å². The normalized spacial score (nSPS) is 15.9. The fraction of sp³-hybridized carbons (Fsp3) is 0.304. The van der Waals surface area contributed by atoms with Gasteiger partial charge >= 0.3 is 6.18 Å². The fourth-order valence-corrected chi connectivity index (χ4v) is 10.3. The zero-order valence-corrected chi connectivity index (χ0v) is 43.2. The number of likely N-dealkylation sites (tertiary alicyclic amines) is 1. The van der Waals surface area contributed by atoms with Crippen LogP contribution >= 0.6 is 23.6 Å². The minimum atomic E-state index is -4.81. The highest BCUT2D eigenvalue weighted by Gasteiger charge is 2.51. The van der Waals surface area contributed by atoms with E-state index in [9.17, 15) is 37.6 Å². The van der Waals surface area contributed by atoms with Gasteiger partial charge in [0, 0.05) is 18.8 Å². The Morgan fingerprint density at radius 1 is 0.865 bits per heavy atom. The standard InChI is InChI=1S/C56H54F3N7O6S2/c1-34-48(74-33-62-34)39-15-9-35(10-16-39)30-61-50(68)46-8-7-27-64(46)51(69)49(54(2,3)4)63-47(67)32-72-43-23-18-38(19-24-43)37-13-11-36(12-14-37)31-71-44-25-21-41(22-26-44)66-53(73)65(52(70)55(66,5)6)42-20-17-40(29-60)45(28-42)56(57,58)59/h9-26,28,33,46,49H,7-8,27,30-32H2,1-6H3,(H,61,68)(H,63,67)/t46-,49-/m1/s1. The Hall–Kier alpha value is -7.62. The summed E-state index contributed by atoms with van der Waals surface area (Å²) in [6.45, 7) is 11.5. The average Bonchev–Trinajstić information content (AvgIpc) is 4.09. The molecular formula is C56H54F3N7O6S2. The second-order valence-corrected chi connectivity index (χ2v) is 20.9. The molecule has 1 aromatic heterocycles. The van der Waals surface area contributed by atoms with Gasteiger partial charge in [-0.2, -0.15) is 18.4 Å². The molecular weight excluding hydrogens is 988 g/mol. The lowest BCUT2D eigenvalue weighted by Gasteiger charge is -2.35. The predicted octanol–water partition coefficient (Wildman–Crippen LogP) is 10.4. The summed E-state index contributed by atoms with van der Waals surface area (Å²) in [6.07, 6.45) is -3.61. The van der Waals surface area contributed by atoms with Gasteiger partial charge in [0.2, 0.25) is 11.8 Å². The number of nitrogens with zero attached hydrogens (tertiary/aromatic N) is 5. The maximum absolute atomic E-state index is 14.1. The van der Waals surface area contributed by atoms with E-state index in [4.69, 9.17) is 21.7 Å². The fourth-order valence-electron chi connectivity index (χ4n) is 8.98. The number of hydrogen-bond acceptors (Lipinski definition) is 10. The van der Waals surface area contributed by atoms with E-state index in [1.807, 2.05) is 93.9 Å². The molecule has 2 aliphatic rings. The number of rotatable bonds is 15. The molecule has 0 aliphatic carbocycles. The largest absolute Gasteiger partial charge is 0.489 e. The second-order valence-electron chi connectivity index (χ2n) is 19.7. The van der Waals surface area contributed by atoms with Gasteiger partial charge in [0.25, 0.3) is 11.8 Å². The van der Waals surface area contributed by atoms with E-state index < -0.39 is 52.2 Å². The number of nitrogens with one attached hydrogen (secondary N) is 2. The molecule has 2 aliphatic heterocycles. The van der Waals surface area contributed by atoms with Crippen LogP contribution < -0.4 is 29.9 Å². The first-order valence-electron chi connectivity index (χ1n) is 23.9. The van der Waals surface area contributed by atoms with Crippen LogP contribution in [-0.4, -0.2) is 69.4 Å². The van der Waals surface area contributed by atoms with Crippen molar-refractivity contribution < 1.29 is 41.8 Å². The molecule has 0 spiro atoms. The summed E-state index contributed by atoms with van der Waals surface area (Å²) in [6, 6.07) is 33.0. The van der Waals surface area contributed by atoms with E-state index in [2.05, 4.69) is 15.6 Å². The van der Waals surface area contributed by atoms with E-state index in [-0.39, 0.29) is 35.8 Å². The maximum atomic E-state index is 14.1. The summed E-state index contributed by atoms with van der Waals surface area (Å²) in [5, 5.41) is 15.1. The minimum Gasteiger partial charge on any atom is -0.489 e. The van der Waals surface area contributed by atoms with Crippen molar-refractivity contribution in [2.24, 2.45) is 5.41 Å². The Morgan fingerprint density at radius 3 is 2.07 bits per heavy atom. The van der Waals surface area contributed by atoms with Gasteiger partial charge in [0.1, 0.15) is 35.7 Å². The van der Waals surface area contributed by atoms with Crippen molar-refractivity contribution in [2.75, 3.05) is 23.0 Å². The summed E-state index contributed by atoms with van der Waals surface area (Å²) in [4.78, 5) is 64.1. The Morgan fingerprint density at radius 2 is 1.46 bits per heavy atom. The van der Waals surface area contributed by atoms with Gasteiger partial charge < -0.3 is 29.9 Å². The average molecular weight is 1040 g/mol. The molecule has 5 aromatic carbocycles. The summed E-state index contributed by atoms with van der Waals surface area (Å²) in [7, 11) is 0. The number of carbonyl (C=O) groups excluding carboxylic acids is 4. The highest BCUT2D eigenvalue weighted by atomic mass is 32.1. The maximum Gasteiger partial charge on any atom is 0.417 e. The van der Waals surface area contributed by atoms with Gasteiger partial charge in [0.05, 0.1) is 39.0 Å². The number of alkyl halides is 3. The third-order valence-electron chi connectivity index (χ3n) is 13.1.